The van der Waals surface area contributed by atoms with E-state index in [4.69, 9.17) is 14.2 Å². The summed E-state index contributed by atoms with van der Waals surface area (Å²) in [5, 5.41) is 2.69. The van der Waals surface area contributed by atoms with Crippen LogP contribution in [0.2, 0.25) is 0 Å². The second kappa shape index (κ2) is 6.97. The number of benzene rings is 1. The molecule has 0 fully saturated rings. The fourth-order valence-electron chi connectivity index (χ4n) is 1.89. The molecule has 6 heteroatoms. The minimum Gasteiger partial charge on any atom is -0.482 e. The van der Waals surface area contributed by atoms with E-state index in [2.05, 4.69) is 5.32 Å². The molecule has 0 saturated carbocycles. The van der Waals surface area contributed by atoms with Crippen molar-refractivity contribution in [2.24, 2.45) is 0 Å². The lowest BCUT2D eigenvalue weighted by molar-refractivity contribution is -0.152. The van der Waals surface area contributed by atoms with Crippen molar-refractivity contribution in [3.05, 3.63) is 18.2 Å². The van der Waals surface area contributed by atoms with Crippen LogP contribution in [0.15, 0.2) is 18.2 Å². The fourth-order valence-corrected chi connectivity index (χ4v) is 1.89. The number of anilines is 1. The SMILES string of the molecule is CCCOC(=O)C(CC)Oc1ccc2c(c1)NC(=O)CO2. The summed E-state index contributed by atoms with van der Waals surface area (Å²) in [7, 11) is 0. The van der Waals surface area contributed by atoms with Crippen molar-refractivity contribution >= 4 is 17.6 Å². The third-order valence-electron chi connectivity index (χ3n) is 2.94. The second-order valence-corrected chi connectivity index (χ2v) is 4.68. The number of hydrogen-bond acceptors (Lipinski definition) is 5. The van der Waals surface area contributed by atoms with E-state index in [0.717, 1.165) is 6.42 Å². The molecule has 0 bridgehead atoms. The van der Waals surface area contributed by atoms with Gasteiger partial charge in [0.2, 0.25) is 0 Å². The third kappa shape index (κ3) is 3.87. The van der Waals surface area contributed by atoms with Crippen LogP contribution in [-0.4, -0.2) is 31.2 Å². The fraction of sp³-hybridized carbons (Fsp3) is 0.467. The topological polar surface area (TPSA) is 73.9 Å². The number of amides is 1. The molecule has 1 amide bonds. The number of rotatable bonds is 6. The summed E-state index contributed by atoms with van der Waals surface area (Å²) in [5.41, 5.74) is 0.542. The second-order valence-electron chi connectivity index (χ2n) is 4.68. The Morgan fingerprint density at radius 1 is 1.43 bits per heavy atom. The molecule has 1 heterocycles. The summed E-state index contributed by atoms with van der Waals surface area (Å²) in [6.07, 6.45) is 0.613. The molecule has 6 nitrogen and oxygen atoms in total. The summed E-state index contributed by atoms with van der Waals surface area (Å²) < 4.78 is 16.0. The molecular weight excluding hydrogens is 274 g/mol. The van der Waals surface area contributed by atoms with Gasteiger partial charge >= 0.3 is 5.97 Å². The van der Waals surface area contributed by atoms with E-state index in [9.17, 15) is 9.59 Å². The first-order valence-electron chi connectivity index (χ1n) is 7.04. The lowest BCUT2D eigenvalue weighted by Gasteiger charge is -2.20. The smallest absolute Gasteiger partial charge is 0.347 e. The third-order valence-corrected chi connectivity index (χ3v) is 2.94. The Hall–Kier alpha value is -2.24. The molecule has 0 spiro atoms. The van der Waals surface area contributed by atoms with Gasteiger partial charge in [0.25, 0.3) is 5.91 Å². The highest BCUT2D eigenvalue weighted by Crippen LogP contribution is 2.32. The molecule has 1 atom stereocenters. The highest BCUT2D eigenvalue weighted by molar-refractivity contribution is 5.95. The first-order chi connectivity index (χ1) is 10.1. The van der Waals surface area contributed by atoms with Gasteiger partial charge in [-0.2, -0.15) is 0 Å². The zero-order valence-electron chi connectivity index (χ0n) is 12.2. The maximum Gasteiger partial charge on any atom is 0.347 e. The van der Waals surface area contributed by atoms with E-state index in [1.165, 1.54) is 0 Å². The molecule has 21 heavy (non-hydrogen) atoms. The quantitative estimate of drug-likeness (QED) is 0.813. The molecule has 0 aromatic heterocycles. The molecule has 1 N–H and O–H groups in total. The highest BCUT2D eigenvalue weighted by atomic mass is 16.6. The van der Waals surface area contributed by atoms with Crippen LogP contribution < -0.4 is 14.8 Å². The number of nitrogens with one attached hydrogen (secondary N) is 1. The van der Waals surface area contributed by atoms with Gasteiger partial charge in [-0.3, -0.25) is 4.79 Å². The van der Waals surface area contributed by atoms with Crippen LogP contribution in [-0.2, 0) is 14.3 Å². The van der Waals surface area contributed by atoms with E-state index in [0.29, 0.717) is 30.2 Å². The predicted molar refractivity (Wildman–Crippen MR) is 76.5 cm³/mol. The van der Waals surface area contributed by atoms with Crippen molar-refractivity contribution in [1.82, 2.24) is 0 Å². The number of fused-ring (bicyclic) bond motifs is 1. The minimum atomic E-state index is -0.658. The van der Waals surface area contributed by atoms with Crippen molar-refractivity contribution in [2.75, 3.05) is 18.5 Å². The highest BCUT2D eigenvalue weighted by Gasteiger charge is 2.21. The maximum absolute atomic E-state index is 11.8. The van der Waals surface area contributed by atoms with Gasteiger partial charge in [-0.1, -0.05) is 13.8 Å². The van der Waals surface area contributed by atoms with Crippen LogP contribution in [0.1, 0.15) is 26.7 Å². The lowest BCUT2D eigenvalue weighted by Crippen LogP contribution is -2.29. The predicted octanol–water partition coefficient (Wildman–Crippen LogP) is 2.13. The van der Waals surface area contributed by atoms with Gasteiger partial charge in [0.15, 0.2) is 12.7 Å². The van der Waals surface area contributed by atoms with Crippen LogP contribution in [0.25, 0.3) is 0 Å². The minimum absolute atomic E-state index is 0.00807. The number of hydrogen-bond donors (Lipinski definition) is 1. The molecule has 0 saturated heterocycles. The molecule has 2 rings (SSSR count). The normalized spacial score (nSPS) is 14.5. The van der Waals surface area contributed by atoms with Gasteiger partial charge in [-0.25, -0.2) is 4.79 Å². The molecule has 1 aromatic rings. The van der Waals surface area contributed by atoms with Gasteiger partial charge in [-0.15, -0.1) is 0 Å². The number of carbonyl (C=O) groups excluding carboxylic acids is 2. The molecular formula is C15H19NO5. The van der Waals surface area contributed by atoms with Gasteiger partial charge in [-0.05, 0) is 25.0 Å². The Kier molecular flexibility index (Phi) is 5.03. The Labute approximate surface area is 123 Å². The molecule has 1 aliphatic heterocycles. The van der Waals surface area contributed by atoms with E-state index >= 15 is 0 Å². The summed E-state index contributed by atoms with van der Waals surface area (Å²) in [6, 6.07) is 5.04. The van der Waals surface area contributed by atoms with E-state index in [1.807, 2.05) is 13.8 Å². The van der Waals surface area contributed by atoms with E-state index < -0.39 is 6.10 Å². The molecule has 1 aliphatic rings. The summed E-state index contributed by atoms with van der Waals surface area (Å²) in [4.78, 5) is 23.1. The van der Waals surface area contributed by atoms with E-state index in [-0.39, 0.29) is 18.5 Å². The van der Waals surface area contributed by atoms with Crippen LogP contribution in [0, 0.1) is 0 Å². The van der Waals surface area contributed by atoms with Crippen LogP contribution in [0.3, 0.4) is 0 Å². The van der Waals surface area contributed by atoms with Crippen molar-refractivity contribution < 1.29 is 23.8 Å². The number of carbonyl (C=O) groups is 2. The first-order valence-corrected chi connectivity index (χ1v) is 7.04. The molecule has 0 radical (unpaired) electrons. The summed E-state index contributed by atoms with van der Waals surface area (Å²) in [5.74, 6) is 0.481. The van der Waals surface area contributed by atoms with Gasteiger partial charge in [0, 0.05) is 6.07 Å². The maximum atomic E-state index is 11.8. The Bertz CT molecular complexity index is 529. The molecule has 1 unspecified atom stereocenters. The van der Waals surface area contributed by atoms with Crippen LogP contribution in [0.4, 0.5) is 5.69 Å². The average molecular weight is 293 g/mol. The number of esters is 1. The zero-order valence-corrected chi connectivity index (χ0v) is 12.2. The standard InChI is InChI=1S/C15H19NO5/c1-3-7-19-15(18)12(4-2)21-10-5-6-13-11(8-10)16-14(17)9-20-13/h5-6,8,12H,3-4,7,9H2,1-2H3,(H,16,17). The van der Waals surface area contributed by atoms with Crippen molar-refractivity contribution in [2.45, 2.75) is 32.8 Å². The van der Waals surface area contributed by atoms with Crippen molar-refractivity contribution in [1.29, 1.82) is 0 Å². The number of ether oxygens (including phenoxy) is 3. The monoisotopic (exact) mass is 293 g/mol. The largest absolute Gasteiger partial charge is 0.482 e. The Morgan fingerprint density at radius 2 is 2.24 bits per heavy atom. The van der Waals surface area contributed by atoms with Gasteiger partial charge in [0.1, 0.15) is 11.5 Å². The Balaban J connectivity index is 2.06. The van der Waals surface area contributed by atoms with Gasteiger partial charge in [0.05, 0.1) is 12.3 Å². The zero-order chi connectivity index (χ0) is 15.2. The molecule has 1 aromatic carbocycles. The van der Waals surface area contributed by atoms with Crippen LogP contribution in [0.5, 0.6) is 11.5 Å². The Morgan fingerprint density at radius 3 is 2.95 bits per heavy atom. The van der Waals surface area contributed by atoms with Crippen LogP contribution >= 0.6 is 0 Å². The summed E-state index contributed by atoms with van der Waals surface area (Å²) in [6.45, 7) is 4.17. The molecule has 114 valence electrons. The van der Waals surface area contributed by atoms with Crippen molar-refractivity contribution in [3.63, 3.8) is 0 Å². The van der Waals surface area contributed by atoms with Gasteiger partial charge < -0.3 is 19.5 Å². The molecule has 0 aliphatic carbocycles. The van der Waals surface area contributed by atoms with E-state index in [1.54, 1.807) is 18.2 Å². The lowest BCUT2D eigenvalue weighted by atomic mass is 10.2. The average Bonchev–Trinajstić information content (AvgIpc) is 2.49. The first kappa shape index (κ1) is 15.2. The van der Waals surface area contributed by atoms with Crippen molar-refractivity contribution in [3.8, 4) is 11.5 Å². The summed E-state index contributed by atoms with van der Waals surface area (Å²) >= 11 is 0.